The summed E-state index contributed by atoms with van der Waals surface area (Å²) < 4.78 is 24.2. The Bertz CT molecular complexity index is 1150. The first-order valence-corrected chi connectivity index (χ1v) is 11.2. The number of aromatic hydroxyl groups is 2. The molecular formula is C24H27NO4S. The van der Waals surface area contributed by atoms with Crippen LogP contribution in [0, 0.1) is 27.7 Å². The molecule has 0 aliphatic rings. The van der Waals surface area contributed by atoms with E-state index in [1.54, 1.807) is 24.3 Å². The third-order valence-corrected chi connectivity index (χ3v) is 6.35. The zero-order valence-corrected chi connectivity index (χ0v) is 18.5. The Morgan fingerprint density at radius 2 is 1.07 bits per heavy atom. The Kier molecular flexibility index (Phi) is 5.92. The van der Waals surface area contributed by atoms with Crippen molar-refractivity contribution in [1.29, 1.82) is 0 Å². The van der Waals surface area contributed by atoms with Crippen molar-refractivity contribution in [1.82, 2.24) is 0 Å². The lowest BCUT2D eigenvalue weighted by Gasteiger charge is -2.14. The van der Waals surface area contributed by atoms with Gasteiger partial charge in [-0.05, 0) is 109 Å². The molecule has 0 bridgehead atoms. The van der Waals surface area contributed by atoms with E-state index < -0.39 is 10.0 Å². The summed E-state index contributed by atoms with van der Waals surface area (Å²) in [5, 5.41) is 25.2. The summed E-state index contributed by atoms with van der Waals surface area (Å²) in [5.74, 6) is 0.488. The van der Waals surface area contributed by atoms with E-state index in [0.717, 1.165) is 44.5 Å². The lowest BCUT2D eigenvalue weighted by atomic mass is 9.94. The number of sulfonamides is 1. The first-order valence-electron chi connectivity index (χ1n) is 9.68. The third kappa shape index (κ3) is 4.83. The molecule has 6 heteroatoms. The Morgan fingerprint density at radius 3 is 1.43 bits per heavy atom. The molecule has 0 heterocycles. The first kappa shape index (κ1) is 21.9. The van der Waals surface area contributed by atoms with Gasteiger partial charge in [0.05, 0.1) is 4.90 Å². The Hall–Kier alpha value is -2.83. The fourth-order valence-electron chi connectivity index (χ4n) is 3.64. The van der Waals surface area contributed by atoms with Crippen LogP contribution in [-0.2, 0) is 22.9 Å². The van der Waals surface area contributed by atoms with Crippen LogP contribution in [0.4, 0.5) is 0 Å². The highest BCUT2D eigenvalue weighted by Crippen LogP contribution is 2.27. The van der Waals surface area contributed by atoms with Gasteiger partial charge in [0.2, 0.25) is 10.0 Å². The lowest BCUT2D eigenvalue weighted by Crippen LogP contribution is -2.13. The average Bonchev–Trinajstić information content (AvgIpc) is 2.63. The average molecular weight is 426 g/mol. The largest absolute Gasteiger partial charge is 0.508 e. The van der Waals surface area contributed by atoms with Crippen molar-refractivity contribution in [3.05, 3.63) is 87.0 Å². The lowest BCUT2D eigenvalue weighted by molar-refractivity contribution is 0.470. The zero-order chi connectivity index (χ0) is 22.2. The molecule has 3 aromatic carbocycles. The zero-order valence-electron chi connectivity index (χ0n) is 17.7. The van der Waals surface area contributed by atoms with Gasteiger partial charge >= 0.3 is 0 Å². The number of hydrogen-bond acceptors (Lipinski definition) is 4. The molecule has 0 unspecified atom stereocenters. The molecule has 0 aliphatic carbocycles. The van der Waals surface area contributed by atoms with Gasteiger partial charge in [0.1, 0.15) is 11.5 Å². The van der Waals surface area contributed by atoms with Crippen LogP contribution in [0.5, 0.6) is 11.5 Å². The summed E-state index contributed by atoms with van der Waals surface area (Å²) in [6, 6.07) is 12.5. The normalized spacial score (nSPS) is 11.6. The van der Waals surface area contributed by atoms with E-state index >= 15 is 0 Å². The first-order chi connectivity index (χ1) is 13.9. The second kappa shape index (κ2) is 8.13. The van der Waals surface area contributed by atoms with Gasteiger partial charge in [0.25, 0.3) is 0 Å². The Balaban J connectivity index is 2.05. The van der Waals surface area contributed by atoms with Crippen molar-refractivity contribution < 1.29 is 18.6 Å². The SMILES string of the molecule is Cc1cc(Cc2cc(Cc3cc(C)c(O)cc3C)cc(S(N)(=O)=O)c2)c(C)cc1O. The summed E-state index contributed by atoms with van der Waals surface area (Å²) >= 11 is 0. The third-order valence-electron chi connectivity index (χ3n) is 5.45. The monoisotopic (exact) mass is 425 g/mol. The van der Waals surface area contributed by atoms with Crippen molar-refractivity contribution in [3.8, 4) is 11.5 Å². The standard InChI is InChI=1S/C24H27NO4S/c1-14-7-23(26)16(3)5-20(14)10-18-9-19(13-22(12-18)30(25,28)29)11-21-6-17(4)24(27)8-15(21)2/h5-9,12-13,26-27H,10-11H2,1-4H3,(H2,25,28,29). The number of benzene rings is 3. The highest BCUT2D eigenvalue weighted by molar-refractivity contribution is 7.89. The molecule has 0 fully saturated rings. The second-order valence-electron chi connectivity index (χ2n) is 8.01. The van der Waals surface area contributed by atoms with E-state index in [1.807, 2.05) is 45.9 Å². The molecule has 0 amide bonds. The van der Waals surface area contributed by atoms with Crippen LogP contribution in [0.1, 0.15) is 44.5 Å². The maximum atomic E-state index is 12.1. The van der Waals surface area contributed by atoms with E-state index in [0.29, 0.717) is 12.8 Å². The predicted molar refractivity (Wildman–Crippen MR) is 119 cm³/mol. The number of phenols is 2. The van der Waals surface area contributed by atoms with Gasteiger partial charge in [-0.15, -0.1) is 0 Å². The van der Waals surface area contributed by atoms with Gasteiger partial charge in [0, 0.05) is 0 Å². The van der Waals surface area contributed by atoms with Crippen molar-refractivity contribution in [2.45, 2.75) is 45.4 Å². The van der Waals surface area contributed by atoms with Crippen molar-refractivity contribution >= 4 is 10.0 Å². The number of aryl methyl sites for hydroxylation is 4. The van der Waals surface area contributed by atoms with Gasteiger partial charge in [-0.25, -0.2) is 13.6 Å². The summed E-state index contributed by atoms with van der Waals surface area (Å²) in [5.41, 5.74) is 7.10. The van der Waals surface area contributed by atoms with E-state index in [-0.39, 0.29) is 16.4 Å². The van der Waals surface area contributed by atoms with Crippen LogP contribution in [-0.4, -0.2) is 18.6 Å². The molecule has 0 atom stereocenters. The molecule has 0 saturated heterocycles. The molecule has 3 aromatic rings. The quantitative estimate of drug-likeness (QED) is 0.571. The summed E-state index contributed by atoms with van der Waals surface area (Å²) in [6.45, 7) is 7.50. The molecule has 158 valence electrons. The second-order valence-corrected chi connectivity index (χ2v) is 9.58. The molecule has 30 heavy (non-hydrogen) atoms. The van der Waals surface area contributed by atoms with Crippen LogP contribution in [0.15, 0.2) is 47.4 Å². The molecule has 0 aromatic heterocycles. The maximum absolute atomic E-state index is 12.1. The summed E-state index contributed by atoms with van der Waals surface area (Å²) in [7, 11) is -3.86. The summed E-state index contributed by atoms with van der Waals surface area (Å²) in [4.78, 5) is 0.0799. The fraction of sp³-hybridized carbons (Fsp3) is 0.250. The highest BCUT2D eigenvalue weighted by atomic mass is 32.2. The minimum Gasteiger partial charge on any atom is -0.508 e. The number of hydrogen-bond donors (Lipinski definition) is 3. The molecule has 0 radical (unpaired) electrons. The van der Waals surface area contributed by atoms with E-state index in [1.165, 1.54) is 0 Å². The number of phenolic OH excluding ortho intramolecular Hbond substituents is 2. The smallest absolute Gasteiger partial charge is 0.238 e. The van der Waals surface area contributed by atoms with Gasteiger partial charge in [-0.3, -0.25) is 0 Å². The topological polar surface area (TPSA) is 101 Å². The van der Waals surface area contributed by atoms with Crippen LogP contribution < -0.4 is 5.14 Å². The minimum atomic E-state index is -3.86. The number of rotatable bonds is 5. The van der Waals surface area contributed by atoms with Gasteiger partial charge < -0.3 is 10.2 Å². The number of primary sulfonamides is 1. The van der Waals surface area contributed by atoms with Crippen molar-refractivity contribution in [2.75, 3.05) is 0 Å². The van der Waals surface area contributed by atoms with Crippen LogP contribution in [0.25, 0.3) is 0 Å². The molecule has 0 saturated carbocycles. The molecule has 0 spiro atoms. The number of nitrogens with two attached hydrogens (primary N) is 1. The molecule has 4 N–H and O–H groups in total. The molecule has 0 aliphatic heterocycles. The van der Waals surface area contributed by atoms with E-state index in [9.17, 15) is 18.6 Å². The maximum Gasteiger partial charge on any atom is 0.238 e. The fourth-order valence-corrected chi connectivity index (χ4v) is 4.27. The summed E-state index contributed by atoms with van der Waals surface area (Å²) in [6.07, 6.45) is 1.05. The van der Waals surface area contributed by atoms with Crippen molar-refractivity contribution in [2.24, 2.45) is 5.14 Å². The van der Waals surface area contributed by atoms with Crippen LogP contribution >= 0.6 is 0 Å². The highest BCUT2D eigenvalue weighted by Gasteiger charge is 2.14. The van der Waals surface area contributed by atoms with E-state index in [2.05, 4.69) is 0 Å². The Labute approximate surface area is 177 Å². The minimum absolute atomic E-state index is 0.0799. The van der Waals surface area contributed by atoms with Crippen LogP contribution in [0.2, 0.25) is 0 Å². The molecular weight excluding hydrogens is 398 g/mol. The Morgan fingerprint density at radius 1 is 0.667 bits per heavy atom. The van der Waals surface area contributed by atoms with Gasteiger partial charge in [-0.1, -0.05) is 18.2 Å². The van der Waals surface area contributed by atoms with Crippen molar-refractivity contribution in [3.63, 3.8) is 0 Å². The van der Waals surface area contributed by atoms with Gasteiger partial charge in [0.15, 0.2) is 0 Å². The molecule has 5 nitrogen and oxygen atoms in total. The van der Waals surface area contributed by atoms with Crippen LogP contribution in [0.3, 0.4) is 0 Å². The predicted octanol–water partition coefficient (Wildman–Crippen LogP) is 4.16. The molecule has 3 rings (SSSR count). The van der Waals surface area contributed by atoms with Gasteiger partial charge in [-0.2, -0.15) is 0 Å². The van der Waals surface area contributed by atoms with E-state index in [4.69, 9.17) is 5.14 Å².